The third-order valence-electron chi connectivity index (χ3n) is 5.17. The van der Waals surface area contributed by atoms with Gasteiger partial charge in [-0.3, -0.25) is 0 Å². The molecule has 148 valence electrons. The third-order valence-corrected chi connectivity index (χ3v) is 6.23. The molecule has 0 atom stereocenters. The number of fused-ring (bicyclic) bond motifs is 1. The van der Waals surface area contributed by atoms with Crippen molar-refractivity contribution in [1.29, 1.82) is 0 Å². The van der Waals surface area contributed by atoms with Crippen LogP contribution in [0.4, 0.5) is 11.6 Å². The predicted molar refractivity (Wildman–Crippen MR) is 107 cm³/mol. The van der Waals surface area contributed by atoms with Gasteiger partial charge in [-0.1, -0.05) is 6.07 Å². The first-order chi connectivity index (χ1) is 13.3. The molecule has 1 aliphatic rings. The molecule has 1 aliphatic carbocycles. The topological polar surface area (TPSA) is 142 Å². The van der Waals surface area contributed by atoms with E-state index in [1.165, 1.54) is 6.07 Å². The number of aromatic nitrogens is 4. The van der Waals surface area contributed by atoms with Crippen LogP contribution in [0.2, 0.25) is 0 Å². The van der Waals surface area contributed by atoms with Crippen molar-refractivity contribution in [2.75, 3.05) is 5.32 Å². The van der Waals surface area contributed by atoms with Crippen LogP contribution in [-0.4, -0.2) is 34.2 Å². The fourth-order valence-electron chi connectivity index (χ4n) is 3.62. The van der Waals surface area contributed by atoms with Crippen LogP contribution >= 0.6 is 0 Å². The summed E-state index contributed by atoms with van der Waals surface area (Å²) in [5.41, 5.74) is 7.88. The van der Waals surface area contributed by atoms with E-state index < -0.39 is 10.0 Å². The van der Waals surface area contributed by atoms with Gasteiger partial charge in [-0.15, -0.1) is 0 Å². The Morgan fingerprint density at radius 1 is 1.18 bits per heavy atom. The van der Waals surface area contributed by atoms with Crippen LogP contribution in [0.25, 0.3) is 11.0 Å². The average Bonchev–Trinajstić information content (AvgIpc) is 3.06. The molecule has 10 heteroatoms. The van der Waals surface area contributed by atoms with Crippen LogP contribution in [0.1, 0.15) is 37.3 Å². The van der Waals surface area contributed by atoms with E-state index in [1.807, 2.05) is 4.68 Å². The van der Waals surface area contributed by atoms with Gasteiger partial charge in [-0.25, -0.2) is 23.2 Å². The first-order valence-corrected chi connectivity index (χ1v) is 10.7. The van der Waals surface area contributed by atoms with Gasteiger partial charge in [0.05, 0.1) is 22.5 Å². The normalized spacial score (nSPS) is 20.4. The molecule has 0 aliphatic heterocycles. The molecule has 2 heterocycles. The lowest BCUT2D eigenvalue weighted by molar-refractivity contribution is 0.309. The fraction of sp³-hybridized carbons (Fsp3) is 0.389. The van der Waals surface area contributed by atoms with Crippen molar-refractivity contribution in [2.45, 2.75) is 49.6 Å². The largest absolute Gasteiger partial charge is 0.328 e. The molecular weight excluding hydrogens is 378 g/mol. The molecule has 4 rings (SSSR count). The Balaban J connectivity index is 1.64. The van der Waals surface area contributed by atoms with Gasteiger partial charge in [-0.05, 0) is 50.3 Å². The lowest BCUT2D eigenvalue weighted by Crippen LogP contribution is -2.28. The second-order valence-corrected chi connectivity index (χ2v) is 8.81. The highest BCUT2D eigenvalue weighted by atomic mass is 32.2. The first-order valence-electron chi connectivity index (χ1n) is 9.17. The molecule has 0 saturated heterocycles. The predicted octanol–water partition coefficient (Wildman–Crippen LogP) is 1.97. The highest BCUT2D eigenvalue weighted by Crippen LogP contribution is 2.30. The second kappa shape index (κ2) is 7.12. The van der Waals surface area contributed by atoms with E-state index in [1.54, 1.807) is 31.5 Å². The summed E-state index contributed by atoms with van der Waals surface area (Å²) < 4.78 is 25.4. The summed E-state index contributed by atoms with van der Waals surface area (Å²) >= 11 is 0. The highest BCUT2D eigenvalue weighted by Gasteiger charge is 2.22. The van der Waals surface area contributed by atoms with E-state index in [-0.39, 0.29) is 17.0 Å². The van der Waals surface area contributed by atoms with Gasteiger partial charge in [0, 0.05) is 17.9 Å². The molecule has 1 fully saturated rings. The van der Waals surface area contributed by atoms with E-state index in [2.05, 4.69) is 20.4 Å². The zero-order valence-electron chi connectivity index (χ0n) is 15.5. The van der Waals surface area contributed by atoms with Gasteiger partial charge in [0.15, 0.2) is 5.65 Å². The number of nitrogens with two attached hydrogens (primary N) is 2. The molecule has 2 aromatic heterocycles. The summed E-state index contributed by atoms with van der Waals surface area (Å²) in [5.74, 6) is 0.367. The Bertz CT molecular complexity index is 1120. The zero-order chi connectivity index (χ0) is 19.9. The molecule has 5 N–H and O–H groups in total. The monoisotopic (exact) mass is 401 g/mol. The smallest absolute Gasteiger partial charge is 0.238 e. The summed E-state index contributed by atoms with van der Waals surface area (Å²) in [6.45, 7) is 1.70. The standard InChI is InChI=1S/C18H23N7O2S/c1-11-2-5-14(8-16(11)28(20,26)27)23-18-21-9-12-10-22-25(17(12)24-18)15-6-3-13(19)4-7-15/h2,5,8-10,13,15H,3-4,6-7,19H2,1H3,(H2,20,26,27)(H,21,23,24). The number of aryl methyl sites for hydroxylation is 1. The van der Waals surface area contributed by atoms with Crippen LogP contribution in [0.15, 0.2) is 35.5 Å². The van der Waals surface area contributed by atoms with Crippen molar-refractivity contribution < 1.29 is 8.42 Å². The fourth-order valence-corrected chi connectivity index (χ4v) is 4.43. The van der Waals surface area contributed by atoms with E-state index in [9.17, 15) is 8.42 Å². The van der Waals surface area contributed by atoms with Crippen LogP contribution in [0, 0.1) is 6.92 Å². The lowest BCUT2D eigenvalue weighted by atomic mass is 9.92. The van der Waals surface area contributed by atoms with E-state index in [4.69, 9.17) is 10.9 Å². The number of nitrogens with one attached hydrogen (secondary N) is 1. The summed E-state index contributed by atoms with van der Waals surface area (Å²) in [7, 11) is -3.80. The second-order valence-electron chi connectivity index (χ2n) is 7.28. The molecule has 3 aromatic rings. The van der Waals surface area contributed by atoms with Crippen LogP contribution in [0.5, 0.6) is 0 Å². The maximum absolute atomic E-state index is 11.7. The minimum Gasteiger partial charge on any atom is -0.328 e. The van der Waals surface area contributed by atoms with Crippen molar-refractivity contribution in [3.05, 3.63) is 36.2 Å². The highest BCUT2D eigenvalue weighted by molar-refractivity contribution is 7.89. The molecular formula is C18H23N7O2S. The quantitative estimate of drug-likeness (QED) is 0.606. The summed E-state index contributed by atoms with van der Waals surface area (Å²) in [6, 6.07) is 5.47. The van der Waals surface area contributed by atoms with Crippen LogP contribution in [-0.2, 0) is 10.0 Å². The molecule has 0 unspecified atom stereocenters. The molecule has 1 saturated carbocycles. The number of primary sulfonamides is 1. The summed E-state index contributed by atoms with van der Waals surface area (Å²) in [6.07, 6.45) is 7.36. The van der Waals surface area contributed by atoms with Crippen molar-refractivity contribution in [3.8, 4) is 0 Å². The molecule has 0 spiro atoms. The van der Waals surface area contributed by atoms with Gasteiger partial charge in [0.1, 0.15) is 0 Å². The van der Waals surface area contributed by atoms with Crippen molar-refractivity contribution in [3.63, 3.8) is 0 Å². The number of rotatable bonds is 4. The molecule has 9 nitrogen and oxygen atoms in total. The minimum atomic E-state index is -3.80. The number of sulfonamides is 1. The Hall–Kier alpha value is -2.56. The van der Waals surface area contributed by atoms with E-state index in [0.717, 1.165) is 36.7 Å². The molecule has 0 amide bonds. The van der Waals surface area contributed by atoms with Crippen LogP contribution < -0.4 is 16.2 Å². The van der Waals surface area contributed by atoms with Crippen molar-refractivity contribution in [2.24, 2.45) is 10.9 Å². The van der Waals surface area contributed by atoms with Crippen LogP contribution in [0.3, 0.4) is 0 Å². The van der Waals surface area contributed by atoms with Gasteiger partial charge in [0.2, 0.25) is 16.0 Å². The zero-order valence-corrected chi connectivity index (χ0v) is 16.4. The van der Waals surface area contributed by atoms with Gasteiger partial charge in [0.25, 0.3) is 0 Å². The van der Waals surface area contributed by atoms with Gasteiger partial charge >= 0.3 is 0 Å². The average molecular weight is 401 g/mol. The number of hydrogen-bond acceptors (Lipinski definition) is 7. The SMILES string of the molecule is Cc1ccc(Nc2ncc3cnn(C4CCC(N)CC4)c3n2)cc1S(N)(=O)=O. The summed E-state index contributed by atoms with van der Waals surface area (Å²) in [4.78, 5) is 8.99. The maximum Gasteiger partial charge on any atom is 0.238 e. The Morgan fingerprint density at radius 3 is 2.64 bits per heavy atom. The van der Waals surface area contributed by atoms with Crippen molar-refractivity contribution >= 4 is 32.7 Å². The number of anilines is 2. The molecule has 28 heavy (non-hydrogen) atoms. The minimum absolute atomic E-state index is 0.0714. The van der Waals surface area contributed by atoms with E-state index >= 15 is 0 Å². The first kappa shape index (κ1) is 18.8. The summed E-state index contributed by atoms with van der Waals surface area (Å²) in [5, 5.41) is 13.7. The molecule has 1 aromatic carbocycles. The molecule has 0 bridgehead atoms. The lowest BCUT2D eigenvalue weighted by Gasteiger charge is -2.26. The van der Waals surface area contributed by atoms with Crippen molar-refractivity contribution in [1.82, 2.24) is 19.7 Å². The van der Waals surface area contributed by atoms with Gasteiger partial charge < -0.3 is 11.1 Å². The number of hydrogen-bond donors (Lipinski definition) is 3. The number of benzene rings is 1. The van der Waals surface area contributed by atoms with E-state index in [0.29, 0.717) is 17.2 Å². The number of nitrogens with zero attached hydrogens (tertiary/aromatic N) is 4. The Morgan fingerprint density at radius 2 is 1.93 bits per heavy atom. The Labute approximate surface area is 163 Å². The Kier molecular flexibility index (Phi) is 4.77. The maximum atomic E-state index is 11.7. The van der Waals surface area contributed by atoms with Gasteiger partial charge in [-0.2, -0.15) is 10.1 Å². The third kappa shape index (κ3) is 3.71. The molecule has 0 radical (unpaired) electrons.